The van der Waals surface area contributed by atoms with Gasteiger partial charge in [0.05, 0.1) is 0 Å². The van der Waals surface area contributed by atoms with Gasteiger partial charge in [0.1, 0.15) is 0 Å². The fourth-order valence-corrected chi connectivity index (χ4v) is 1.48. The van der Waals surface area contributed by atoms with E-state index in [0.717, 1.165) is 5.92 Å². The van der Waals surface area contributed by atoms with Crippen LogP contribution in [0.25, 0.3) is 0 Å². The molecule has 0 aromatic rings. The molecule has 0 unspecified atom stereocenters. The van der Waals surface area contributed by atoms with Crippen molar-refractivity contribution in [2.45, 2.75) is 53.5 Å². The van der Waals surface area contributed by atoms with E-state index in [9.17, 15) is 0 Å². The van der Waals surface area contributed by atoms with Gasteiger partial charge in [-0.15, -0.1) is 0 Å². The zero-order valence-electron chi connectivity index (χ0n) is 10.7. The number of nitrogens with zero attached hydrogens (tertiary/aromatic N) is 1. The van der Waals surface area contributed by atoms with Gasteiger partial charge in [-0.25, -0.2) is 0 Å². The summed E-state index contributed by atoms with van der Waals surface area (Å²) in [4.78, 5) is 2.32. The summed E-state index contributed by atoms with van der Waals surface area (Å²) >= 11 is 0. The lowest BCUT2D eigenvalue weighted by molar-refractivity contribution is 0.0924. The second kappa shape index (κ2) is 4.00. The van der Waals surface area contributed by atoms with Crippen molar-refractivity contribution in [1.29, 1.82) is 0 Å². The molecule has 0 amide bonds. The Morgan fingerprint density at radius 1 is 1.00 bits per heavy atom. The Hall–Kier alpha value is -0.0400. The van der Waals surface area contributed by atoms with Crippen LogP contribution in [0.4, 0.5) is 0 Å². The minimum Gasteiger partial charge on any atom is -0.304 e. The van der Waals surface area contributed by atoms with Crippen molar-refractivity contribution in [2.75, 3.05) is 14.1 Å². The van der Waals surface area contributed by atoms with Crippen LogP contribution in [0.5, 0.6) is 0 Å². The largest absolute Gasteiger partial charge is 0.304 e. The quantitative estimate of drug-likeness (QED) is 0.649. The van der Waals surface area contributed by atoms with Crippen LogP contribution in [0, 0.1) is 11.3 Å². The molecule has 0 heterocycles. The fourth-order valence-electron chi connectivity index (χ4n) is 1.48. The second-order valence-electron chi connectivity index (χ2n) is 6.03. The highest BCUT2D eigenvalue weighted by Gasteiger charge is 2.32. The monoisotopic (exact) mass is 185 g/mol. The highest BCUT2D eigenvalue weighted by Crippen LogP contribution is 2.36. The van der Waals surface area contributed by atoms with Crippen molar-refractivity contribution >= 4 is 0 Å². The second-order valence-corrected chi connectivity index (χ2v) is 6.03. The summed E-state index contributed by atoms with van der Waals surface area (Å²) in [5.41, 5.74) is 0.724. The molecule has 0 aliphatic carbocycles. The van der Waals surface area contributed by atoms with E-state index >= 15 is 0 Å². The van der Waals surface area contributed by atoms with Gasteiger partial charge in [-0.1, -0.05) is 27.7 Å². The summed E-state index contributed by atoms with van der Waals surface area (Å²) in [6.45, 7) is 14.0. The minimum atomic E-state index is 0.299. The number of hydrogen-bond acceptors (Lipinski definition) is 1. The predicted molar refractivity (Wildman–Crippen MR) is 61.0 cm³/mol. The molecule has 0 atom stereocenters. The minimum absolute atomic E-state index is 0.299. The Kier molecular flexibility index (Phi) is 3.98. The third-order valence-corrected chi connectivity index (χ3v) is 3.66. The van der Waals surface area contributed by atoms with Crippen LogP contribution in [-0.2, 0) is 0 Å². The van der Waals surface area contributed by atoms with Gasteiger partial charge in [0, 0.05) is 5.54 Å². The summed E-state index contributed by atoms with van der Waals surface area (Å²) in [5.74, 6) is 0.742. The smallest absolute Gasteiger partial charge is 0.0152 e. The topological polar surface area (TPSA) is 3.24 Å². The van der Waals surface area contributed by atoms with Gasteiger partial charge < -0.3 is 4.90 Å². The molecular formula is C12H27N. The van der Waals surface area contributed by atoms with Crippen LogP contribution in [0.15, 0.2) is 0 Å². The van der Waals surface area contributed by atoms with E-state index in [-0.39, 0.29) is 0 Å². The molecular weight excluding hydrogens is 158 g/mol. The Morgan fingerprint density at radius 3 is 1.62 bits per heavy atom. The molecule has 0 bridgehead atoms. The first-order valence-corrected chi connectivity index (χ1v) is 5.27. The van der Waals surface area contributed by atoms with Gasteiger partial charge in [0.25, 0.3) is 0 Å². The molecule has 80 valence electrons. The lowest BCUT2D eigenvalue weighted by Crippen LogP contribution is -2.43. The van der Waals surface area contributed by atoms with E-state index < -0.39 is 0 Å². The van der Waals surface area contributed by atoms with Crippen LogP contribution in [0.3, 0.4) is 0 Å². The molecule has 0 aromatic heterocycles. The van der Waals surface area contributed by atoms with Crippen molar-refractivity contribution < 1.29 is 0 Å². The zero-order valence-corrected chi connectivity index (χ0v) is 10.7. The molecule has 0 N–H and O–H groups in total. The molecule has 0 spiro atoms. The standard InChI is InChI=1S/C12H27N/c1-10(2)11(3,4)9-12(5,6)13(7)8/h10H,9H2,1-8H3. The average Bonchev–Trinajstić information content (AvgIpc) is 1.83. The fraction of sp³-hybridized carbons (Fsp3) is 1.00. The predicted octanol–water partition coefficient (Wildman–Crippen LogP) is 3.40. The molecule has 0 rings (SSSR count). The van der Waals surface area contributed by atoms with E-state index in [1.54, 1.807) is 0 Å². The van der Waals surface area contributed by atoms with Gasteiger partial charge in [0.2, 0.25) is 0 Å². The zero-order chi connectivity index (χ0) is 10.9. The molecule has 0 aliphatic heterocycles. The molecule has 0 aromatic carbocycles. The van der Waals surface area contributed by atoms with Gasteiger partial charge >= 0.3 is 0 Å². The van der Waals surface area contributed by atoms with Crippen LogP contribution in [0.2, 0.25) is 0 Å². The third-order valence-electron chi connectivity index (χ3n) is 3.66. The van der Waals surface area contributed by atoms with Crippen molar-refractivity contribution in [3.63, 3.8) is 0 Å². The van der Waals surface area contributed by atoms with Crippen LogP contribution < -0.4 is 0 Å². The van der Waals surface area contributed by atoms with Crippen LogP contribution in [0.1, 0.15) is 48.0 Å². The van der Waals surface area contributed by atoms with E-state index in [1.165, 1.54) is 6.42 Å². The SMILES string of the molecule is CC(C)C(C)(C)CC(C)(C)N(C)C. The summed E-state index contributed by atoms with van der Waals surface area (Å²) in [7, 11) is 4.33. The third kappa shape index (κ3) is 3.68. The van der Waals surface area contributed by atoms with Gasteiger partial charge in [-0.2, -0.15) is 0 Å². The maximum absolute atomic E-state index is 2.36. The Balaban J connectivity index is 4.42. The van der Waals surface area contributed by atoms with Gasteiger partial charge in [-0.3, -0.25) is 0 Å². The summed E-state index contributed by atoms with van der Waals surface area (Å²) < 4.78 is 0. The van der Waals surface area contributed by atoms with Crippen molar-refractivity contribution in [3.05, 3.63) is 0 Å². The van der Waals surface area contributed by atoms with Crippen LogP contribution >= 0.6 is 0 Å². The van der Waals surface area contributed by atoms with E-state index in [4.69, 9.17) is 0 Å². The molecule has 0 fully saturated rings. The highest BCUT2D eigenvalue weighted by atomic mass is 15.1. The van der Waals surface area contributed by atoms with E-state index in [1.807, 2.05) is 0 Å². The van der Waals surface area contributed by atoms with Crippen molar-refractivity contribution in [2.24, 2.45) is 11.3 Å². The number of rotatable bonds is 4. The van der Waals surface area contributed by atoms with E-state index in [2.05, 4.69) is 60.5 Å². The summed E-state index contributed by atoms with van der Waals surface area (Å²) in [6.07, 6.45) is 1.24. The van der Waals surface area contributed by atoms with Crippen molar-refractivity contribution in [1.82, 2.24) is 4.90 Å². The first-order valence-electron chi connectivity index (χ1n) is 5.27. The van der Waals surface area contributed by atoms with E-state index in [0.29, 0.717) is 11.0 Å². The normalized spacial score (nSPS) is 14.3. The maximum atomic E-state index is 2.36. The molecule has 0 saturated heterocycles. The first kappa shape index (κ1) is 13.0. The number of hydrogen-bond donors (Lipinski definition) is 0. The molecule has 0 aliphatic rings. The lowest BCUT2D eigenvalue weighted by Gasteiger charge is -2.41. The molecule has 0 radical (unpaired) electrons. The maximum Gasteiger partial charge on any atom is 0.0152 e. The summed E-state index contributed by atoms with van der Waals surface area (Å²) in [6, 6.07) is 0. The highest BCUT2D eigenvalue weighted by molar-refractivity contribution is 4.86. The molecule has 13 heavy (non-hydrogen) atoms. The Morgan fingerprint density at radius 2 is 1.38 bits per heavy atom. The van der Waals surface area contributed by atoms with Gasteiger partial charge in [-0.05, 0) is 45.7 Å². The Bertz CT molecular complexity index is 137. The molecule has 0 saturated carbocycles. The molecule has 1 nitrogen and oxygen atoms in total. The summed E-state index contributed by atoms with van der Waals surface area (Å²) in [5, 5.41) is 0. The molecule has 1 heteroatoms. The van der Waals surface area contributed by atoms with Gasteiger partial charge in [0.15, 0.2) is 0 Å². The first-order chi connectivity index (χ1) is 5.59. The lowest BCUT2D eigenvalue weighted by atomic mass is 9.72. The Labute approximate surface area is 84.5 Å². The average molecular weight is 185 g/mol. The van der Waals surface area contributed by atoms with Crippen LogP contribution in [-0.4, -0.2) is 24.5 Å². The van der Waals surface area contributed by atoms with Crippen molar-refractivity contribution in [3.8, 4) is 0 Å².